The Balaban J connectivity index is 1.90. The molecule has 4 nitrogen and oxygen atoms in total. The van der Waals surface area contributed by atoms with Gasteiger partial charge in [-0.25, -0.2) is 0 Å². The van der Waals surface area contributed by atoms with E-state index in [1.807, 2.05) is 55.5 Å². The lowest BCUT2D eigenvalue weighted by molar-refractivity contribution is 0.103. The van der Waals surface area contributed by atoms with Crippen molar-refractivity contribution in [2.24, 2.45) is 0 Å². The highest BCUT2D eigenvalue weighted by atomic mass is 79.9. The van der Waals surface area contributed by atoms with Crippen molar-refractivity contribution in [3.8, 4) is 11.3 Å². The SMILES string of the molecule is Cc1ccc(-c2nnsc2C(=O)Nc2ccccc2Br)cc1. The highest BCUT2D eigenvalue weighted by Crippen LogP contribution is 2.27. The molecule has 0 saturated carbocycles. The van der Waals surface area contributed by atoms with Gasteiger partial charge in [-0.3, -0.25) is 4.79 Å². The van der Waals surface area contributed by atoms with Crippen LogP contribution >= 0.6 is 27.5 Å². The molecule has 3 rings (SSSR count). The van der Waals surface area contributed by atoms with E-state index >= 15 is 0 Å². The Labute approximate surface area is 140 Å². The first-order chi connectivity index (χ1) is 10.6. The van der Waals surface area contributed by atoms with Crippen LogP contribution in [-0.4, -0.2) is 15.5 Å². The maximum absolute atomic E-state index is 12.5. The second-order valence-corrected chi connectivity index (χ2v) is 6.36. The minimum absolute atomic E-state index is 0.211. The van der Waals surface area contributed by atoms with Gasteiger partial charge in [-0.15, -0.1) is 5.10 Å². The smallest absolute Gasteiger partial charge is 0.269 e. The maximum atomic E-state index is 12.5. The molecular formula is C16H12BrN3OS. The number of anilines is 1. The number of hydrogen-bond donors (Lipinski definition) is 1. The first-order valence-electron chi connectivity index (χ1n) is 6.60. The number of aromatic nitrogens is 2. The van der Waals surface area contributed by atoms with Crippen LogP contribution in [-0.2, 0) is 0 Å². The van der Waals surface area contributed by atoms with Crippen LogP contribution < -0.4 is 5.32 Å². The van der Waals surface area contributed by atoms with Gasteiger partial charge in [-0.1, -0.05) is 46.4 Å². The van der Waals surface area contributed by atoms with Crippen molar-refractivity contribution >= 4 is 39.1 Å². The molecule has 1 N–H and O–H groups in total. The Bertz CT molecular complexity index is 814. The summed E-state index contributed by atoms with van der Waals surface area (Å²) in [5, 5.41) is 6.98. The summed E-state index contributed by atoms with van der Waals surface area (Å²) in [7, 11) is 0. The molecule has 0 aliphatic heterocycles. The lowest BCUT2D eigenvalue weighted by Gasteiger charge is -2.06. The zero-order valence-electron chi connectivity index (χ0n) is 11.7. The fraction of sp³-hybridized carbons (Fsp3) is 0.0625. The van der Waals surface area contributed by atoms with Crippen molar-refractivity contribution in [2.45, 2.75) is 6.92 Å². The minimum Gasteiger partial charge on any atom is -0.320 e. The van der Waals surface area contributed by atoms with Crippen LogP contribution in [0.4, 0.5) is 5.69 Å². The number of nitrogens with one attached hydrogen (secondary N) is 1. The van der Waals surface area contributed by atoms with E-state index in [0.717, 1.165) is 32.8 Å². The van der Waals surface area contributed by atoms with Gasteiger partial charge in [0.15, 0.2) is 0 Å². The summed E-state index contributed by atoms with van der Waals surface area (Å²) in [5.41, 5.74) is 3.37. The number of halogens is 1. The summed E-state index contributed by atoms with van der Waals surface area (Å²) in [5.74, 6) is -0.211. The average Bonchev–Trinajstić information content (AvgIpc) is 3.00. The molecule has 0 saturated heterocycles. The second kappa shape index (κ2) is 6.37. The van der Waals surface area contributed by atoms with Crippen molar-refractivity contribution in [3.63, 3.8) is 0 Å². The van der Waals surface area contributed by atoms with E-state index in [9.17, 15) is 4.79 Å². The van der Waals surface area contributed by atoms with E-state index in [1.165, 1.54) is 0 Å². The number of rotatable bonds is 3. The van der Waals surface area contributed by atoms with Gasteiger partial charge < -0.3 is 5.32 Å². The van der Waals surface area contributed by atoms with Crippen molar-refractivity contribution < 1.29 is 4.79 Å². The first-order valence-corrected chi connectivity index (χ1v) is 8.17. The summed E-state index contributed by atoms with van der Waals surface area (Å²) in [6.07, 6.45) is 0. The number of carbonyl (C=O) groups excluding carboxylic acids is 1. The van der Waals surface area contributed by atoms with E-state index in [4.69, 9.17) is 0 Å². The number of hydrogen-bond acceptors (Lipinski definition) is 4. The summed E-state index contributed by atoms with van der Waals surface area (Å²) < 4.78 is 4.76. The highest BCUT2D eigenvalue weighted by Gasteiger charge is 2.18. The molecule has 0 spiro atoms. The fourth-order valence-electron chi connectivity index (χ4n) is 1.98. The molecule has 110 valence electrons. The molecule has 0 bridgehead atoms. The van der Waals surface area contributed by atoms with Crippen molar-refractivity contribution in [3.05, 3.63) is 63.4 Å². The van der Waals surface area contributed by atoms with Crippen molar-refractivity contribution in [1.29, 1.82) is 0 Å². The lowest BCUT2D eigenvalue weighted by Crippen LogP contribution is -2.11. The number of carbonyl (C=O) groups is 1. The molecule has 2 aromatic carbocycles. The molecule has 1 heterocycles. The van der Waals surface area contributed by atoms with Crippen LogP contribution in [0.25, 0.3) is 11.3 Å². The second-order valence-electron chi connectivity index (χ2n) is 4.75. The number of benzene rings is 2. The van der Waals surface area contributed by atoms with Gasteiger partial charge in [0, 0.05) is 10.0 Å². The monoisotopic (exact) mass is 373 g/mol. The molecular weight excluding hydrogens is 362 g/mol. The number of aryl methyl sites for hydroxylation is 1. The predicted molar refractivity (Wildman–Crippen MR) is 92.2 cm³/mol. The maximum Gasteiger partial charge on any atom is 0.269 e. The van der Waals surface area contributed by atoms with Gasteiger partial charge in [-0.05, 0) is 46.5 Å². The molecule has 0 radical (unpaired) electrons. The van der Waals surface area contributed by atoms with E-state index in [1.54, 1.807) is 0 Å². The van der Waals surface area contributed by atoms with Gasteiger partial charge in [0.05, 0.1) is 5.69 Å². The van der Waals surface area contributed by atoms with Gasteiger partial charge in [0.1, 0.15) is 10.6 Å². The third-order valence-corrected chi connectivity index (χ3v) is 4.56. The molecule has 1 amide bonds. The van der Waals surface area contributed by atoms with E-state index < -0.39 is 0 Å². The minimum atomic E-state index is -0.211. The number of amides is 1. The molecule has 22 heavy (non-hydrogen) atoms. The fourth-order valence-corrected chi connectivity index (χ4v) is 2.95. The normalized spacial score (nSPS) is 10.5. The standard InChI is InChI=1S/C16H12BrN3OS/c1-10-6-8-11(9-7-10)14-15(22-20-19-14)16(21)18-13-5-3-2-4-12(13)17/h2-9H,1H3,(H,18,21). The summed E-state index contributed by atoms with van der Waals surface area (Å²) >= 11 is 4.51. The topological polar surface area (TPSA) is 54.9 Å². The Morgan fingerprint density at radius 1 is 1.14 bits per heavy atom. The molecule has 0 atom stereocenters. The highest BCUT2D eigenvalue weighted by molar-refractivity contribution is 9.10. The Morgan fingerprint density at radius 2 is 1.86 bits per heavy atom. The van der Waals surface area contributed by atoms with E-state index in [2.05, 4.69) is 30.8 Å². The third kappa shape index (κ3) is 3.08. The molecule has 0 fully saturated rings. The zero-order chi connectivity index (χ0) is 15.5. The third-order valence-electron chi connectivity index (χ3n) is 3.14. The summed E-state index contributed by atoms with van der Waals surface area (Å²) in [6, 6.07) is 15.3. The molecule has 0 unspecified atom stereocenters. The van der Waals surface area contributed by atoms with Crippen LogP contribution in [0.5, 0.6) is 0 Å². The molecule has 3 aromatic rings. The molecule has 0 aliphatic carbocycles. The van der Waals surface area contributed by atoms with E-state index in [-0.39, 0.29) is 5.91 Å². The largest absolute Gasteiger partial charge is 0.320 e. The van der Waals surface area contributed by atoms with Gasteiger partial charge in [-0.2, -0.15) is 0 Å². The molecule has 0 aliphatic rings. The Morgan fingerprint density at radius 3 is 2.59 bits per heavy atom. The van der Waals surface area contributed by atoms with Crippen LogP contribution in [0.1, 0.15) is 15.2 Å². The average molecular weight is 374 g/mol. The summed E-state index contributed by atoms with van der Waals surface area (Å²) in [4.78, 5) is 13.0. The van der Waals surface area contributed by atoms with Crippen LogP contribution in [0.15, 0.2) is 53.0 Å². The number of nitrogens with zero attached hydrogens (tertiary/aromatic N) is 2. The quantitative estimate of drug-likeness (QED) is 0.733. The molecule has 1 aromatic heterocycles. The van der Waals surface area contributed by atoms with Crippen LogP contribution in [0.2, 0.25) is 0 Å². The van der Waals surface area contributed by atoms with Gasteiger partial charge in [0.25, 0.3) is 5.91 Å². The van der Waals surface area contributed by atoms with Crippen molar-refractivity contribution in [1.82, 2.24) is 9.59 Å². The Hall–Kier alpha value is -2.05. The lowest BCUT2D eigenvalue weighted by atomic mass is 10.1. The van der Waals surface area contributed by atoms with E-state index in [0.29, 0.717) is 10.6 Å². The van der Waals surface area contributed by atoms with Gasteiger partial charge in [0.2, 0.25) is 0 Å². The van der Waals surface area contributed by atoms with Crippen molar-refractivity contribution in [2.75, 3.05) is 5.32 Å². The number of para-hydroxylation sites is 1. The zero-order valence-corrected chi connectivity index (χ0v) is 14.1. The van der Waals surface area contributed by atoms with Crippen LogP contribution in [0, 0.1) is 6.92 Å². The predicted octanol–water partition coefficient (Wildman–Crippen LogP) is 4.53. The Kier molecular flexibility index (Phi) is 4.31. The molecule has 6 heteroatoms. The summed E-state index contributed by atoms with van der Waals surface area (Å²) in [6.45, 7) is 2.02. The van der Waals surface area contributed by atoms with Crippen LogP contribution in [0.3, 0.4) is 0 Å². The first kappa shape index (κ1) is 14.9. The van der Waals surface area contributed by atoms with Gasteiger partial charge >= 0.3 is 0 Å².